The number of amides is 1. The van der Waals surface area contributed by atoms with E-state index in [1.54, 1.807) is 7.05 Å². The monoisotopic (exact) mass is 191 g/mol. The van der Waals surface area contributed by atoms with E-state index in [2.05, 4.69) is 15.6 Å². The Balaban J connectivity index is 3.59. The first kappa shape index (κ1) is 11.2. The van der Waals surface area contributed by atoms with E-state index in [-0.39, 0.29) is 5.38 Å². The summed E-state index contributed by atoms with van der Waals surface area (Å²) in [7, 11) is 1.69. The van der Waals surface area contributed by atoms with Crippen LogP contribution in [0.2, 0.25) is 0 Å². The summed E-state index contributed by atoms with van der Waals surface area (Å²) in [5.41, 5.74) is 0. The molecule has 1 atom stereocenters. The molecule has 0 radical (unpaired) electrons. The lowest BCUT2D eigenvalue weighted by Gasteiger charge is -2.07. The molecular weight excluding hydrogens is 178 g/mol. The predicted molar refractivity (Wildman–Crippen MR) is 50.5 cm³/mol. The Morgan fingerprint density at radius 2 is 2.42 bits per heavy atom. The number of nitrogens with zero attached hydrogens (tertiary/aromatic N) is 1. The second kappa shape index (κ2) is 6.91. The van der Waals surface area contributed by atoms with E-state index < -0.39 is 0 Å². The van der Waals surface area contributed by atoms with Crippen molar-refractivity contribution in [1.82, 2.24) is 10.6 Å². The molecule has 4 nitrogen and oxygen atoms in total. The molecule has 0 aliphatic heterocycles. The van der Waals surface area contributed by atoms with Gasteiger partial charge in [-0.25, -0.2) is 0 Å². The third-order valence-electron chi connectivity index (χ3n) is 1.25. The number of hydrogen-bond donors (Lipinski definition) is 2. The van der Waals surface area contributed by atoms with Crippen LogP contribution in [0.15, 0.2) is 4.99 Å². The lowest BCUT2D eigenvalue weighted by atomic mass is 10.3. The number of rotatable bonds is 4. The number of halogens is 1. The summed E-state index contributed by atoms with van der Waals surface area (Å²) in [6.45, 7) is 2.62. The Labute approximate surface area is 77.4 Å². The van der Waals surface area contributed by atoms with Gasteiger partial charge in [-0.15, -0.1) is 11.6 Å². The van der Waals surface area contributed by atoms with Gasteiger partial charge in [-0.1, -0.05) is 0 Å². The maximum Gasteiger partial charge on any atom is 0.236 e. The van der Waals surface area contributed by atoms with Gasteiger partial charge >= 0.3 is 0 Å². The van der Waals surface area contributed by atoms with Crippen LogP contribution in [0.5, 0.6) is 0 Å². The van der Waals surface area contributed by atoms with E-state index in [0.717, 1.165) is 6.42 Å². The van der Waals surface area contributed by atoms with Gasteiger partial charge in [0.25, 0.3) is 0 Å². The minimum atomic E-state index is 0.131. The Kier molecular flexibility index (Phi) is 6.47. The lowest BCUT2D eigenvalue weighted by molar-refractivity contribution is -0.106. The van der Waals surface area contributed by atoms with Crippen molar-refractivity contribution in [3.8, 4) is 0 Å². The Morgan fingerprint density at radius 1 is 1.75 bits per heavy atom. The Hall–Kier alpha value is -0.770. The quantitative estimate of drug-likeness (QED) is 0.291. The van der Waals surface area contributed by atoms with Crippen molar-refractivity contribution in [2.45, 2.75) is 18.7 Å². The molecule has 0 aromatic carbocycles. The van der Waals surface area contributed by atoms with Crippen molar-refractivity contribution in [1.29, 1.82) is 0 Å². The van der Waals surface area contributed by atoms with Crippen molar-refractivity contribution in [2.24, 2.45) is 4.99 Å². The summed E-state index contributed by atoms with van der Waals surface area (Å²) in [6.07, 6.45) is 1.32. The third kappa shape index (κ3) is 5.97. The fraction of sp³-hybridized carbons (Fsp3) is 0.714. The molecule has 0 aromatic heterocycles. The van der Waals surface area contributed by atoms with Crippen LogP contribution in [-0.2, 0) is 4.79 Å². The number of carbonyl (C=O) groups excluding carboxylic acids is 1. The van der Waals surface area contributed by atoms with Crippen molar-refractivity contribution in [3.63, 3.8) is 0 Å². The van der Waals surface area contributed by atoms with E-state index in [9.17, 15) is 4.79 Å². The molecule has 0 spiro atoms. The molecule has 0 aliphatic rings. The van der Waals surface area contributed by atoms with Gasteiger partial charge in [-0.05, 0) is 13.3 Å². The van der Waals surface area contributed by atoms with Crippen molar-refractivity contribution >= 4 is 24.0 Å². The highest BCUT2D eigenvalue weighted by Gasteiger charge is 1.97. The number of aliphatic imine (C=N–C) groups is 1. The summed E-state index contributed by atoms with van der Waals surface area (Å²) in [6, 6.07) is 0. The zero-order chi connectivity index (χ0) is 9.40. The average Bonchev–Trinajstić information content (AvgIpc) is 2.02. The molecule has 0 aromatic rings. The molecule has 2 N–H and O–H groups in total. The Bertz CT molecular complexity index is 159. The molecule has 0 bridgehead atoms. The molecule has 12 heavy (non-hydrogen) atoms. The first-order valence-corrected chi connectivity index (χ1v) is 4.21. The van der Waals surface area contributed by atoms with E-state index in [1.165, 1.54) is 0 Å². The van der Waals surface area contributed by atoms with E-state index >= 15 is 0 Å². The second-order valence-corrected chi connectivity index (χ2v) is 3.07. The van der Waals surface area contributed by atoms with E-state index in [0.29, 0.717) is 18.9 Å². The fourth-order valence-corrected chi connectivity index (χ4v) is 0.750. The number of carbonyl (C=O) groups is 1. The normalized spacial score (nSPS) is 13.8. The molecule has 0 heterocycles. The summed E-state index contributed by atoms with van der Waals surface area (Å²) in [5, 5.41) is 5.80. The minimum Gasteiger partial charge on any atom is -0.359 e. The number of guanidine groups is 1. The molecule has 0 saturated heterocycles. The van der Waals surface area contributed by atoms with Crippen LogP contribution in [0, 0.1) is 0 Å². The van der Waals surface area contributed by atoms with Crippen molar-refractivity contribution < 1.29 is 4.79 Å². The van der Waals surface area contributed by atoms with Crippen LogP contribution in [-0.4, -0.2) is 31.3 Å². The molecule has 5 heteroatoms. The van der Waals surface area contributed by atoms with Crippen LogP contribution >= 0.6 is 11.6 Å². The van der Waals surface area contributed by atoms with Crippen LogP contribution in [0.25, 0.3) is 0 Å². The van der Waals surface area contributed by atoms with Gasteiger partial charge in [0.2, 0.25) is 6.41 Å². The zero-order valence-corrected chi connectivity index (χ0v) is 8.06. The molecular formula is C7H14ClN3O. The fourth-order valence-electron chi connectivity index (χ4n) is 0.641. The number of hydrogen-bond acceptors (Lipinski definition) is 1. The standard InChI is InChI=1S/C7H14ClN3O/c1-6(8)3-4-10-7(9-2)11-5-12/h5-6H,3-4H2,1-2H3,(H2,9,10,11,12). The summed E-state index contributed by atoms with van der Waals surface area (Å²) in [4.78, 5) is 13.5. The van der Waals surface area contributed by atoms with E-state index in [1.807, 2.05) is 6.92 Å². The predicted octanol–water partition coefficient (Wildman–Crippen LogP) is 0.325. The van der Waals surface area contributed by atoms with Gasteiger partial charge in [0.05, 0.1) is 0 Å². The topological polar surface area (TPSA) is 53.5 Å². The maximum atomic E-state index is 9.98. The molecule has 0 fully saturated rings. The molecule has 0 rings (SSSR count). The largest absolute Gasteiger partial charge is 0.359 e. The van der Waals surface area contributed by atoms with Gasteiger partial charge < -0.3 is 10.6 Å². The Morgan fingerprint density at radius 3 is 2.83 bits per heavy atom. The highest BCUT2D eigenvalue weighted by molar-refractivity contribution is 6.20. The SMILES string of the molecule is CN/C(=N\C=O)NCCC(C)Cl. The van der Waals surface area contributed by atoms with Gasteiger partial charge in [0.15, 0.2) is 5.96 Å². The van der Waals surface area contributed by atoms with Gasteiger partial charge in [-0.3, -0.25) is 4.79 Å². The highest BCUT2D eigenvalue weighted by atomic mass is 35.5. The van der Waals surface area contributed by atoms with Crippen LogP contribution in [0.4, 0.5) is 0 Å². The van der Waals surface area contributed by atoms with Crippen LogP contribution in [0.1, 0.15) is 13.3 Å². The minimum absolute atomic E-state index is 0.131. The van der Waals surface area contributed by atoms with Crippen LogP contribution in [0.3, 0.4) is 0 Å². The molecule has 1 unspecified atom stereocenters. The summed E-state index contributed by atoms with van der Waals surface area (Å²) >= 11 is 5.71. The van der Waals surface area contributed by atoms with E-state index in [4.69, 9.17) is 11.6 Å². The third-order valence-corrected chi connectivity index (χ3v) is 1.47. The number of nitrogens with one attached hydrogen (secondary N) is 2. The van der Waals surface area contributed by atoms with Gasteiger partial charge in [0, 0.05) is 19.0 Å². The highest BCUT2D eigenvalue weighted by Crippen LogP contribution is 1.96. The zero-order valence-electron chi connectivity index (χ0n) is 7.30. The molecule has 70 valence electrons. The van der Waals surface area contributed by atoms with Crippen LogP contribution < -0.4 is 10.6 Å². The van der Waals surface area contributed by atoms with Crippen molar-refractivity contribution in [3.05, 3.63) is 0 Å². The number of alkyl halides is 1. The van der Waals surface area contributed by atoms with Gasteiger partial charge in [0.1, 0.15) is 0 Å². The molecule has 0 saturated carbocycles. The second-order valence-electron chi connectivity index (χ2n) is 2.33. The first-order valence-electron chi connectivity index (χ1n) is 3.77. The average molecular weight is 192 g/mol. The molecule has 0 aliphatic carbocycles. The molecule has 1 amide bonds. The lowest BCUT2D eigenvalue weighted by Crippen LogP contribution is -2.35. The summed E-state index contributed by atoms with van der Waals surface area (Å²) < 4.78 is 0. The van der Waals surface area contributed by atoms with Crippen molar-refractivity contribution in [2.75, 3.05) is 13.6 Å². The summed E-state index contributed by atoms with van der Waals surface area (Å²) in [5.74, 6) is 0.474. The van der Waals surface area contributed by atoms with Gasteiger partial charge in [-0.2, -0.15) is 4.99 Å². The smallest absolute Gasteiger partial charge is 0.236 e. The first-order chi connectivity index (χ1) is 5.70. The maximum absolute atomic E-state index is 9.98.